The van der Waals surface area contributed by atoms with Crippen molar-refractivity contribution in [2.24, 2.45) is 10.9 Å². The highest BCUT2D eigenvalue weighted by atomic mass is 127. The third-order valence-corrected chi connectivity index (χ3v) is 3.62. The molecule has 1 aliphatic carbocycles. The predicted octanol–water partition coefficient (Wildman–Crippen LogP) is 2.26. The molecule has 5 heteroatoms. The van der Waals surface area contributed by atoms with Crippen molar-refractivity contribution in [1.82, 2.24) is 10.2 Å². The minimum absolute atomic E-state index is 0. The van der Waals surface area contributed by atoms with Gasteiger partial charge < -0.3 is 15.0 Å². The van der Waals surface area contributed by atoms with Gasteiger partial charge in [0.15, 0.2) is 5.96 Å². The maximum atomic E-state index is 5.95. The molecule has 1 saturated carbocycles. The monoisotopic (exact) mass is 379 g/mol. The van der Waals surface area contributed by atoms with Gasteiger partial charge in [0.1, 0.15) is 0 Å². The van der Waals surface area contributed by atoms with Crippen molar-refractivity contribution in [2.45, 2.75) is 31.8 Å². The Balaban J connectivity index is 0.00000180. The molecule has 0 amide bonds. The molecule has 0 radical (unpaired) electrons. The molecule has 1 aliphatic heterocycles. The molecule has 0 atom stereocenters. The normalized spacial score (nSPS) is 20.9. The number of hydrogen-bond donors (Lipinski definition) is 1. The van der Waals surface area contributed by atoms with Gasteiger partial charge in [0.25, 0.3) is 0 Å². The minimum atomic E-state index is 0. The van der Waals surface area contributed by atoms with Gasteiger partial charge in [0, 0.05) is 33.3 Å². The van der Waals surface area contributed by atoms with Gasteiger partial charge in [-0.25, -0.2) is 0 Å². The second-order valence-electron chi connectivity index (χ2n) is 5.18. The van der Waals surface area contributed by atoms with Gasteiger partial charge in [0.05, 0.1) is 6.10 Å². The highest BCUT2D eigenvalue weighted by Crippen LogP contribution is 2.30. The second-order valence-corrected chi connectivity index (χ2v) is 5.18. The molecule has 0 aromatic carbocycles. The van der Waals surface area contributed by atoms with Gasteiger partial charge in [-0.15, -0.1) is 30.6 Å². The summed E-state index contributed by atoms with van der Waals surface area (Å²) in [5, 5.41) is 3.28. The van der Waals surface area contributed by atoms with Crippen LogP contribution in [0.1, 0.15) is 25.7 Å². The lowest BCUT2D eigenvalue weighted by molar-refractivity contribution is 0.0131. The Labute approximate surface area is 133 Å². The van der Waals surface area contributed by atoms with E-state index in [-0.39, 0.29) is 24.0 Å². The number of guanidine groups is 1. The summed E-state index contributed by atoms with van der Waals surface area (Å²) in [7, 11) is 1.83. The van der Waals surface area contributed by atoms with Gasteiger partial charge in [-0.05, 0) is 31.6 Å². The van der Waals surface area contributed by atoms with Crippen molar-refractivity contribution in [2.75, 3.05) is 33.3 Å². The summed E-state index contributed by atoms with van der Waals surface area (Å²) in [6.07, 6.45) is 7.28. The lowest BCUT2D eigenvalue weighted by Gasteiger charge is -2.34. The van der Waals surface area contributed by atoms with Crippen LogP contribution < -0.4 is 5.32 Å². The van der Waals surface area contributed by atoms with E-state index < -0.39 is 0 Å². The Morgan fingerprint density at radius 2 is 2.05 bits per heavy atom. The van der Waals surface area contributed by atoms with Crippen molar-refractivity contribution in [1.29, 1.82) is 0 Å². The Bertz CT molecular complexity index is 297. The van der Waals surface area contributed by atoms with E-state index in [1.54, 1.807) is 0 Å². The zero-order valence-electron chi connectivity index (χ0n) is 11.8. The first-order valence-electron chi connectivity index (χ1n) is 7.01. The highest BCUT2D eigenvalue weighted by Gasteiger charge is 2.26. The van der Waals surface area contributed by atoms with Crippen LogP contribution in [0.15, 0.2) is 17.6 Å². The minimum Gasteiger partial charge on any atom is -0.378 e. The van der Waals surface area contributed by atoms with E-state index in [9.17, 15) is 0 Å². The van der Waals surface area contributed by atoms with E-state index in [4.69, 9.17) is 4.74 Å². The molecule has 4 nitrogen and oxygen atoms in total. The third kappa shape index (κ3) is 5.69. The van der Waals surface area contributed by atoms with E-state index in [2.05, 4.69) is 21.8 Å². The van der Waals surface area contributed by atoms with Crippen LogP contribution in [0.5, 0.6) is 0 Å². The van der Waals surface area contributed by atoms with Crippen molar-refractivity contribution >= 4 is 29.9 Å². The first kappa shape index (κ1) is 16.8. The molecule has 2 aliphatic rings. The zero-order chi connectivity index (χ0) is 12.8. The van der Waals surface area contributed by atoms with Crippen LogP contribution in [0.4, 0.5) is 0 Å². The summed E-state index contributed by atoms with van der Waals surface area (Å²) in [6.45, 7) is 7.53. The van der Waals surface area contributed by atoms with Crippen LogP contribution in [-0.4, -0.2) is 50.3 Å². The number of rotatable bonds is 5. The zero-order valence-corrected chi connectivity index (χ0v) is 14.1. The fourth-order valence-corrected chi connectivity index (χ4v) is 2.29. The van der Waals surface area contributed by atoms with Crippen molar-refractivity contribution < 1.29 is 4.74 Å². The van der Waals surface area contributed by atoms with Crippen molar-refractivity contribution in [3.05, 3.63) is 12.7 Å². The number of likely N-dealkylation sites (tertiary alicyclic amines) is 1. The van der Waals surface area contributed by atoms with Gasteiger partial charge in [-0.1, -0.05) is 6.08 Å². The molecule has 1 N–H and O–H groups in total. The molecule has 0 aromatic rings. The quantitative estimate of drug-likeness (QED) is 0.345. The smallest absolute Gasteiger partial charge is 0.193 e. The molecule has 0 unspecified atom stereocenters. The van der Waals surface area contributed by atoms with Gasteiger partial charge in [-0.3, -0.25) is 4.99 Å². The first-order valence-corrected chi connectivity index (χ1v) is 7.01. The highest BCUT2D eigenvalue weighted by molar-refractivity contribution is 14.0. The molecule has 110 valence electrons. The van der Waals surface area contributed by atoms with Crippen molar-refractivity contribution in [3.8, 4) is 0 Å². The van der Waals surface area contributed by atoms with E-state index >= 15 is 0 Å². The summed E-state index contributed by atoms with van der Waals surface area (Å²) >= 11 is 0. The maximum Gasteiger partial charge on any atom is 0.193 e. The van der Waals surface area contributed by atoms with Gasteiger partial charge in [0.2, 0.25) is 0 Å². The van der Waals surface area contributed by atoms with Crippen LogP contribution >= 0.6 is 24.0 Å². The second kappa shape index (κ2) is 8.79. The van der Waals surface area contributed by atoms with Gasteiger partial charge >= 0.3 is 0 Å². The van der Waals surface area contributed by atoms with E-state index in [0.717, 1.165) is 51.0 Å². The standard InChI is InChI=1S/C14H25N3O.HI/c1-3-8-16-14(15-2)17-9-6-13(7-10-17)18-11-12-4-5-12;/h3,12-13H,1,4-11H2,2H3,(H,15,16);1H. The fraction of sp³-hybridized carbons (Fsp3) is 0.786. The summed E-state index contributed by atoms with van der Waals surface area (Å²) in [4.78, 5) is 6.61. The Kier molecular flexibility index (Phi) is 7.75. The van der Waals surface area contributed by atoms with E-state index in [1.165, 1.54) is 12.8 Å². The van der Waals surface area contributed by atoms with E-state index in [0.29, 0.717) is 6.10 Å². The predicted molar refractivity (Wildman–Crippen MR) is 90.2 cm³/mol. The Morgan fingerprint density at radius 3 is 2.58 bits per heavy atom. The number of piperidine rings is 1. The largest absolute Gasteiger partial charge is 0.378 e. The average molecular weight is 379 g/mol. The average Bonchev–Trinajstić information content (AvgIpc) is 3.23. The SMILES string of the molecule is C=CCNC(=NC)N1CCC(OCC2CC2)CC1.I. The molecule has 0 bridgehead atoms. The third-order valence-electron chi connectivity index (χ3n) is 3.62. The summed E-state index contributed by atoms with van der Waals surface area (Å²) in [6, 6.07) is 0. The summed E-state index contributed by atoms with van der Waals surface area (Å²) in [5.74, 6) is 1.85. The van der Waals surface area contributed by atoms with E-state index in [1.807, 2.05) is 13.1 Å². The molecule has 1 saturated heterocycles. The van der Waals surface area contributed by atoms with Crippen molar-refractivity contribution in [3.63, 3.8) is 0 Å². The molecule has 19 heavy (non-hydrogen) atoms. The molecule has 0 spiro atoms. The van der Waals surface area contributed by atoms with Crippen LogP contribution in [0.2, 0.25) is 0 Å². The molecule has 2 fully saturated rings. The summed E-state index contributed by atoms with van der Waals surface area (Å²) < 4.78 is 5.95. The number of nitrogens with zero attached hydrogens (tertiary/aromatic N) is 2. The van der Waals surface area contributed by atoms with Gasteiger partial charge in [-0.2, -0.15) is 0 Å². The van der Waals surface area contributed by atoms with Crippen LogP contribution in [-0.2, 0) is 4.74 Å². The molecule has 2 rings (SSSR count). The maximum absolute atomic E-state index is 5.95. The molecular weight excluding hydrogens is 353 g/mol. The van der Waals surface area contributed by atoms with Crippen LogP contribution in [0.3, 0.4) is 0 Å². The fourth-order valence-electron chi connectivity index (χ4n) is 2.29. The number of ether oxygens (including phenoxy) is 1. The van der Waals surface area contributed by atoms with Crippen LogP contribution in [0, 0.1) is 5.92 Å². The lowest BCUT2D eigenvalue weighted by Crippen LogP contribution is -2.47. The summed E-state index contributed by atoms with van der Waals surface area (Å²) in [5.41, 5.74) is 0. The topological polar surface area (TPSA) is 36.9 Å². The number of halogens is 1. The number of hydrogen-bond acceptors (Lipinski definition) is 2. The number of nitrogens with one attached hydrogen (secondary N) is 1. The lowest BCUT2D eigenvalue weighted by atomic mass is 10.1. The molecule has 0 aromatic heterocycles. The van der Waals surface area contributed by atoms with Crippen LogP contribution in [0.25, 0.3) is 0 Å². The Hall–Kier alpha value is -0.300. The first-order chi connectivity index (χ1) is 8.83. The molecule has 1 heterocycles. The Morgan fingerprint density at radius 1 is 1.37 bits per heavy atom. The number of aliphatic imine (C=N–C) groups is 1. The molecular formula is C14H26IN3O.